The lowest BCUT2D eigenvalue weighted by Gasteiger charge is -2.34. The van der Waals surface area contributed by atoms with E-state index in [4.69, 9.17) is 0 Å². The largest absolute Gasteiger partial charge is 0.301 e. The van der Waals surface area contributed by atoms with Crippen molar-refractivity contribution in [3.63, 3.8) is 0 Å². The van der Waals surface area contributed by atoms with Gasteiger partial charge >= 0.3 is 0 Å². The third kappa shape index (κ3) is 4.10. The minimum Gasteiger partial charge on any atom is -0.301 e. The molecule has 10 heteroatoms. The SMILES string of the molecule is O=C1c2ccccc2C(=O)N1CCCN1CCN(S(=O)(=O)c2ccc(F)c(F)c2)CC1. The molecule has 2 amide bonds. The Kier molecular flexibility index (Phi) is 5.87. The molecule has 2 heterocycles. The first-order valence-corrected chi connectivity index (χ1v) is 11.4. The fourth-order valence-electron chi connectivity index (χ4n) is 3.87. The van der Waals surface area contributed by atoms with E-state index in [9.17, 15) is 26.8 Å². The average Bonchev–Trinajstić information content (AvgIpc) is 3.01. The van der Waals surface area contributed by atoms with Crippen LogP contribution >= 0.6 is 0 Å². The van der Waals surface area contributed by atoms with Crippen molar-refractivity contribution in [2.75, 3.05) is 39.3 Å². The quantitative estimate of drug-likeness (QED) is 0.630. The van der Waals surface area contributed by atoms with Crippen LogP contribution in [-0.4, -0.2) is 73.6 Å². The molecule has 0 aromatic heterocycles. The van der Waals surface area contributed by atoms with Crippen LogP contribution in [0.5, 0.6) is 0 Å². The molecule has 1 saturated heterocycles. The fourth-order valence-corrected chi connectivity index (χ4v) is 5.31. The van der Waals surface area contributed by atoms with Crippen molar-refractivity contribution in [1.29, 1.82) is 0 Å². The molecule has 0 atom stereocenters. The van der Waals surface area contributed by atoms with Crippen molar-refractivity contribution in [2.45, 2.75) is 11.3 Å². The van der Waals surface area contributed by atoms with Gasteiger partial charge in [0.2, 0.25) is 10.0 Å². The van der Waals surface area contributed by atoms with E-state index >= 15 is 0 Å². The van der Waals surface area contributed by atoms with Crippen LogP contribution in [0.25, 0.3) is 0 Å². The molecule has 0 spiro atoms. The molecule has 2 aliphatic heterocycles. The van der Waals surface area contributed by atoms with E-state index in [1.165, 1.54) is 9.21 Å². The Hall–Kier alpha value is -2.69. The molecule has 0 saturated carbocycles. The summed E-state index contributed by atoms with van der Waals surface area (Å²) in [7, 11) is -3.90. The summed E-state index contributed by atoms with van der Waals surface area (Å²) in [5.41, 5.74) is 0.840. The molecule has 0 bridgehead atoms. The predicted molar refractivity (Wildman–Crippen MR) is 108 cm³/mol. The number of piperazine rings is 1. The van der Waals surface area contributed by atoms with Crippen LogP contribution in [0.1, 0.15) is 27.1 Å². The zero-order valence-electron chi connectivity index (χ0n) is 16.6. The van der Waals surface area contributed by atoms with E-state index in [0.717, 1.165) is 12.1 Å². The number of halogens is 2. The average molecular weight is 449 g/mol. The van der Waals surface area contributed by atoms with Gasteiger partial charge in [-0.2, -0.15) is 4.31 Å². The first-order valence-electron chi connectivity index (χ1n) is 9.92. The van der Waals surface area contributed by atoms with Gasteiger partial charge in [-0.15, -0.1) is 0 Å². The van der Waals surface area contributed by atoms with Crippen molar-refractivity contribution in [2.24, 2.45) is 0 Å². The Labute approximate surface area is 178 Å². The Balaban J connectivity index is 1.29. The van der Waals surface area contributed by atoms with Gasteiger partial charge in [-0.3, -0.25) is 14.5 Å². The van der Waals surface area contributed by atoms with Crippen LogP contribution < -0.4 is 0 Å². The Morgan fingerprint density at radius 2 is 1.42 bits per heavy atom. The van der Waals surface area contributed by atoms with Gasteiger partial charge in [-0.25, -0.2) is 17.2 Å². The summed E-state index contributed by atoms with van der Waals surface area (Å²) in [6, 6.07) is 9.28. The van der Waals surface area contributed by atoms with Gasteiger partial charge in [0.25, 0.3) is 11.8 Å². The third-order valence-electron chi connectivity index (χ3n) is 5.59. The van der Waals surface area contributed by atoms with Gasteiger partial charge in [-0.1, -0.05) is 12.1 Å². The number of carbonyl (C=O) groups excluding carboxylic acids is 2. The maximum atomic E-state index is 13.4. The number of carbonyl (C=O) groups is 2. The van der Waals surface area contributed by atoms with Gasteiger partial charge in [0.15, 0.2) is 11.6 Å². The molecule has 2 aromatic rings. The Morgan fingerprint density at radius 3 is 2.00 bits per heavy atom. The summed E-state index contributed by atoms with van der Waals surface area (Å²) in [5, 5.41) is 0. The number of hydrogen-bond acceptors (Lipinski definition) is 5. The number of nitrogens with zero attached hydrogens (tertiary/aromatic N) is 3. The van der Waals surface area contributed by atoms with E-state index in [1.54, 1.807) is 24.3 Å². The summed E-state index contributed by atoms with van der Waals surface area (Å²) in [4.78, 5) is 27.8. The summed E-state index contributed by atoms with van der Waals surface area (Å²) >= 11 is 0. The Bertz CT molecular complexity index is 1100. The second kappa shape index (κ2) is 8.45. The number of imide groups is 1. The second-order valence-electron chi connectivity index (χ2n) is 7.48. The molecule has 0 unspecified atom stereocenters. The van der Waals surface area contributed by atoms with Gasteiger partial charge in [0, 0.05) is 32.7 Å². The van der Waals surface area contributed by atoms with E-state index in [2.05, 4.69) is 4.90 Å². The topological polar surface area (TPSA) is 78.0 Å². The van der Waals surface area contributed by atoms with Gasteiger partial charge < -0.3 is 4.90 Å². The van der Waals surface area contributed by atoms with Crippen LogP contribution in [0.2, 0.25) is 0 Å². The van der Waals surface area contributed by atoms with E-state index in [-0.39, 0.29) is 29.8 Å². The van der Waals surface area contributed by atoms with E-state index in [0.29, 0.717) is 49.8 Å². The van der Waals surface area contributed by atoms with E-state index in [1.807, 2.05) is 0 Å². The highest BCUT2D eigenvalue weighted by molar-refractivity contribution is 7.89. The predicted octanol–water partition coefficient (Wildman–Crippen LogP) is 1.96. The number of sulfonamides is 1. The number of hydrogen-bond donors (Lipinski definition) is 0. The third-order valence-corrected chi connectivity index (χ3v) is 7.49. The minimum absolute atomic E-state index is 0.217. The van der Waals surface area contributed by atoms with E-state index < -0.39 is 21.7 Å². The normalized spacial score (nSPS) is 17.9. The number of fused-ring (bicyclic) bond motifs is 1. The van der Waals surface area contributed by atoms with Crippen molar-refractivity contribution >= 4 is 21.8 Å². The molecule has 7 nitrogen and oxygen atoms in total. The molecule has 164 valence electrons. The number of benzene rings is 2. The van der Waals surface area contributed by atoms with Crippen molar-refractivity contribution in [3.8, 4) is 0 Å². The number of amides is 2. The fraction of sp³-hybridized carbons (Fsp3) is 0.333. The summed E-state index contributed by atoms with van der Waals surface area (Å²) < 4.78 is 53.1. The maximum Gasteiger partial charge on any atom is 0.261 e. The highest BCUT2D eigenvalue weighted by Gasteiger charge is 2.35. The molecular weight excluding hydrogens is 428 g/mol. The highest BCUT2D eigenvalue weighted by Crippen LogP contribution is 2.23. The summed E-state index contributed by atoms with van der Waals surface area (Å²) in [6.07, 6.45) is 0.571. The van der Waals surface area contributed by atoms with Gasteiger partial charge in [-0.05, 0) is 43.3 Å². The zero-order chi connectivity index (χ0) is 22.2. The lowest BCUT2D eigenvalue weighted by molar-refractivity contribution is 0.0644. The molecule has 4 rings (SSSR count). The Morgan fingerprint density at radius 1 is 0.806 bits per heavy atom. The van der Waals surface area contributed by atoms with Crippen LogP contribution in [0.15, 0.2) is 47.4 Å². The monoisotopic (exact) mass is 449 g/mol. The second-order valence-corrected chi connectivity index (χ2v) is 9.42. The van der Waals surface area contributed by atoms with Crippen LogP contribution in [0.3, 0.4) is 0 Å². The lowest BCUT2D eigenvalue weighted by Crippen LogP contribution is -2.49. The minimum atomic E-state index is -3.90. The van der Waals surface area contributed by atoms with Crippen LogP contribution in [0, 0.1) is 11.6 Å². The zero-order valence-corrected chi connectivity index (χ0v) is 17.4. The number of rotatable bonds is 6. The first kappa shape index (κ1) is 21.5. The van der Waals surface area contributed by atoms with Crippen LogP contribution in [0.4, 0.5) is 8.78 Å². The molecule has 2 aromatic carbocycles. The van der Waals surface area contributed by atoms with Crippen molar-refractivity contribution in [3.05, 3.63) is 65.2 Å². The molecule has 1 fully saturated rings. The molecule has 0 aliphatic carbocycles. The van der Waals surface area contributed by atoms with Crippen LogP contribution in [-0.2, 0) is 10.0 Å². The first-order chi connectivity index (χ1) is 14.8. The van der Waals surface area contributed by atoms with Crippen molar-refractivity contribution < 1.29 is 26.8 Å². The van der Waals surface area contributed by atoms with Gasteiger partial charge in [0.05, 0.1) is 16.0 Å². The molecular formula is C21H21F2N3O4S. The molecule has 31 heavy (non-hydrogen) atoms. The molecule has 0 N–H and O–H groups in total. The smallest absolute Gasteiger partial charge is 0.261 e. The molecule has 0 radical (unpaired) electrons. The molecule has 2 aliphatic rings. The standard InChI is InChI=1S/C21H21F2N3O4S/c22-18-7-6-15(14-19(18)23)31(29,30)25-12-10-24(11-13-25)8-3-9-26-20(27)16-4-1-2-5-17(16)21(26)28/h1-2,4-7,14H,3,8-13H2. The maximum absolute atomic E-state index is 13.4. The van der Waals surface area contributed by atoms with Gasteiger partial charge in [0.1, 0.15) is 0 Å². The van der Waals surface area contributed by atoms with Crippen molar-refractivity contribution in [1.82, 2.24) is 14.1 Å². The highest BCUT2D eigenvalue weighted by atomic mass is 32.2. The lowest BCUT2D eigenvalue weighted by atomic mass is 10.1. The summed E-state index contributed by atoms with van der Waals surface area (Å²) in [5.74, 6) is -2.87. The summed E-state index contributed by atoms with van der Waals surface area (Å²) in [6.45, 7) is 2.25.